The molecule has 6 heteroatoms. The third-order valence-corrected chi connectivity index (χ3v) is 2.79. The molecule has 0 spiro atoms. The van der Waals surface area contributed by atoms with Gasteiger partial charge in [-0.25, -0.2) is 0 Å². The molecule has 0 heterocycles. The van der Waals surface area contributed by atoms with Crippen molar-refractivity contribution >= 4 is 0 Å². The first kappa shape index (κ1) is 22.8. The minimum absolute atomic E-state index is 0.104. The van der Waals surface area contributed by atoms with E-state index in [1.807, 2.05) is 20.8 Å². The van der Waals surface area contributed by atoms with E-state index in [0.29, 0.717) is 52.9 Å². The molecule has 6 nitrogen and oxygen atoms in total. The molecular weight excluding hydrogens is 298 g/mol. The second kappa shape index (κ2) is 13.1. The normalized spacial score (nSPS) is 12.8. The molecule has 0 saturated carbocycles. The molecule has 0 aromatic carbocycles. The molecular formula is C17H38NO5+. The van der Waals surface area contributed by atoms with E-state index in [1.165, 1.54) is 0 Å². The molecule has 0 aromatic heterocycles. The molecule has 23 heavy (non-hydrogen) atoms. The quantitative estimate of drug-likeness (QED) is 0.336. The van der Waals surface area contributed by atoms with Crippen molar-refractivity contribution in [1.82, 2.24) is 0 Å². The van der Waals surface area contributed by atoms with Crippen LogP contribution in [0.2, 0.25) is 0 Å². The largest absolute Gasteiger partial charge is 0.377 e. The number of quaternary nitrogens is 1. The van der Waals surface area contributed by atoms with Crippen LogP contribution in [0.5, 0.6) is 0 Å². The van der Waals surface area contributed by atoms with E-state index < -0.39 is 0 Å². The maximum Gasteiger partial charge on any atom is 0.102 e. The Bertz CT molecular complexity index is 235. The number of ether oxygens (including phenoxy) is 5. The van der Waals surface area contributed by atoms with Gasteiger partial charge in [-0.15, -0.1) is 0 Å². The summed E-state index contributed by atoms with van der Waals surface area (Å²) < 4.78 is 28.2. The predicted octanol–water partition coefficient (Wildman–Crippen LogP) is 1.57. The minimum Gasteiger partial charge on any atom is -0.377 e. The van der Waals surface area contributed by atoms with Crippen LogP contribution >= 0.6 is 0 Å². The van der Waals surface area contributed by atoms with Crippen molar-refractivity contribution in [2.45, 2.75) is 26.4 Å². The lowest BCUT2D eigenvalue weighted by Gasteiger charge is -2.23. The van der Waals surface area contributed by atoms with E-state index in [9.17, 15) is 0 Å². The van der Waals surface area contributed by atoms with Gasteiger partial charge in [-0.1, -0.05) is 0 Å². The molecule has 0 N–H and O–H groups in total. The second-order valence-electron chi connectivity index (χ2n) is 7.42. The molecule has 0 atom stereocenters. The Hall–Kier alpha value is -0.240. The standard InChI is InChI=1S/C17H38NO5/c1-17(2,3)23-16-15-22-14-13-21-12-11-20-10-9-19-8-7-18(4,5)6/h7-16H2,1-6H3/q+1. The van der Waals surface area contributed by atoms with Crippen molar-refractivity contribution in [3.05, 3.63) is 0 Å². The maximum atomic E-state index is 5.55. The van der Waals surface area contributed by atoms with Gasteiger partial charge in [0.15, 0.2) is 0 Å². The predicted molar refractivity (Wildman–Crippen MR) is 91.9 cm³/mol. The van der Waals surface area contributed by atoms with Gasteiger partial charge < -0.3 is 28.2 Å². The molecule has 0 radical (unpaired) electrons. The number of likely N-dealkylation sites (N-methyl/N-ethyl adjacent to an activating group) is 1. The number of nitrogens with zero attached hydrogens (tertiary/aromatic N) is 1. The molecule has 0 aromatic rings. The highest BCUT2D eigenvalue weighted by molar-refractivity contribution is 4.57. The van der Waals surface area contributed by atoms with E-state index in [0.717, 1.165) is 17.6 Å². The first-order valence-electron chi connectivity index (χ1n) is 8.46. The number of rotatable bonds is 15. The van der Waals surface area contributed by atoms with Crippen molar-refractivity contribution in [1.29, 1.82) is 0 Å². The molecule has 0 aliphatic rings. The van der Waals surface area contributed by atoms with Crippen LogP contribution in [0.4, 0.5) is 0 Å². The zero-order valence-corrected chi connectivity index (χ0v) is 16.1. The van der Waals surface area contributed by atoms with Crippen LogP contribution in [0.3, 0.4) is 0 Å². The van der Waals surface area contributed by atoms with Gasteiger partial charge in [0.05, 0.1) is 86.2 Å². The summed E-state index contributed by atoms with van der Waals surface area (Å²) in [6.45, 7) is 12.7. The van der Waals surface area contributed by atoms with Crippen molar-refractivity contribution < 1.29 is 28.2 Å². The fourth-order valence-corrected chi connectivity index (χ4v) is 1.51. The Morgan fingerprint density at radius 3 is 1.26 bits per heavy atom. The van der Waals surface area contributed by atoms with Crippen LogP contribution in [0, 0.1) is 0 Å². The lowest BCUT2D eigenvalue weighted by Crippen LogP contribution is -2.37. The smallest absolute Gasteiger partial charge is 0.102 e. The van der Waals surface area contributed by atoms with Crippen LogP contribution in [-0.4, -0.2) is 97.2 Å². The summed E-state index contributed by atoms with van der Waals surface area (Å²) in [7, 11) is 6.45. The third-order valence-electron chi connectivity index (χ3n) is 2.79. The van der Waals surface area contributed by atoms with Gasteiger partial charge in [-0.3, -0.25) is 0 Å². The zero-order chi connectivity index (χ0) is 17.6. The molecule has 0 rings (SSSR count). The maximum absolute atomic E-state index is 5.55. The average Bonchev–Trinajstić information content (AvgIpc) is 2.40. The average molecular weight is 336 g/mol. The Kier molecular flexibility index (Phi) is 13.0. The fraction of sp³-hybridized carbons (Fsp3) is 1.00. The molecule has 0 fully saturated rings. The SMILES string of the molecule is CC(C)(C)OCCOCCOCCOCCOCC[N+](C)(C)C. The van der Waals surface area contributed by atoms with E-state index in [4.69, 9.17) is 23.7 Å². The monoisotopic (exact) mass is 336 g/mol. The van der Waals surface area contributed by atoms with E-state index in [1.54, 1.807) is 0 Å². The summed E-state index contributed by atoms with van der Waals surface area (Å²) in [6, 6.07) is 0. The lowest BCUT2D eigenvalue weighted by molar-refractivity contribution is -0.870. The fourth-order valence-electron chi connectivity index (χ4n) is 1.51. The first-order valence-corrected chi connectivity index (χ1v) is 8.46. The van der Waals surface area contributed by atoms with Crippen LogP contribution in [-0.2, 0) is 23.7 Å². The van der Waals surface area contributed by atoms with Gasteiger partial charge in [-0.2, -0.15) is 0 Å². The number of hydrogen-bond donors (Lipinski definition) is 0. The van der Waals surface area contributed by atoms with Gasteiger partial charge >= 0.3 is 0 Å². The molecule has 0 unspecified atom stereocenters. The summed E-state index contributed by atoms with van der Waals surface area (Å²) in [6.07, 6.45) is 0. The minimum atomic E-state index is -0.104. The van der Waals surface area contributed by atoms with Gasteiger partial charge in [0, 0.05) is 0 Å². The molecule has 140 valence electrons. The van der Waals surface area contributed by atoms with Gasteiger partial charge in [0.2, 0.25) is 0 Å². The van der Waals surface area contributed by atoms with Crippen molar-refractivity contribution in [3.8, 4) is 0 Å². The molecule has 0 aliphatic heterocycles. The molecule has 0 aliphatic carbocycles. The van der Waals surface area contributed by atoms with E-state index in [-0.39, 0.29) is 5.60 Å². The highest BCUT2D eigenvalue weighted by Gasteiger charge is 2.08. The summed E-state index contributed by atoms with van der Waals surface area (Å²) in [5, 5.41) is 0. The molecule has 0 amide bonds. The summed E-state index contributed by atoms with van der Waals surface area (Å²) >= 11 is 0. The van der Waals surface area contributed by atoms with Crippen LogP contribution in [0.1, 0.15) is 20.8 Å². The molecule has 0 bridgehead atoms. The first-order chi connectivity index (χ1) is 10.7. The Morgan fingerprint density at radius 2 is 0.913 bits per heavy atom. The molecule has 0 saturated heterocycles. The van der Waals surface area contributed by atoms with Crippen LogP contribution < -0.4 is 0 Å². The van der Waals surface area contributed by atoms with E-state index in [2.05, 4.69) is 21.1 Å². The Morgan fingerprint density at radius 1 is 0.565 bits per heavy atom. The summed E-state index contributed by atoms with van der Waals surface area (Å²) in [4.78, 5) is 0. The van der Waals surface area contributed by atoms with E-state index >= 15 is 0 Å². The zero-order valence-electron chi connectivity index (χ0n) is 16.1. The highest BCUT2D eigenvalue weighted by atomic mass is 16.6. The van der Waals surface area contributed by atoms with Gasteiger partial charge in [0.1, 0.15) is 6.54 Å². The van der Waals surface area contributed by atoms with Crippen molar-refractivity contribution in [3.63, 3.8) is 0 Å². The third kappa shape index (κ3) is 21.8. The van der Waals surface area contributed by atoms with Crippen LogP contribution in [0.15, 0.2) is 0 Å². The van der Waals surface area contributed by atoms with Crippen molar-refractivity contribution in [2.75, 3.05) is 87.1 Å². The van der Waals surface area contributed by atoms with Crippen molar-refractivity contribution in [2.24, 2.45) is 0 Å². The lowest BCUT2D eigenvalue weighted by atomic mass is 10.2. The highest BCUT2D eigenvalue weighted by Crippen LogP contribution is 2.05. The Labute approximate surface area is 142 Å². The second-order valence-corrected chi connectivity index (χ2v) is 7.42. The topological polar surface area (TPSA) is 46.2 Å². The van der Waals surface area contributed by atoms with Gasteiger partial charge in [0.25, 0.3) is 0 Å². The Balaban J connectivity index is 3.08. The van der Waals surface area contributed by atoms with Gasteiger partial charge in [-0.05, 0) is 20.8 Å². The summed E-state index contributed by atoms with van der Waals surface area (Å²) in [5.41, 5.74) is -0.104. The van der Waals surface area contributed by atoms with Crippen LogP contribution in [0.25, 0.3) is 0 Å². The number of hydrogen-bond acceptors (Lipinski definition) is 5. The summed E-state index contributed by atoms with van der Waals surface area (Å²) in [5.74, 6) is 0.